The summed E-state index contributed by atoms with van der Waals surface area (Å²) in [4.78, 5) is 14.5. The molecule has 2 unspecified atom stereocenters. The Bertz CT molecular complexity index is 479. The predicted octanol–water partition coefficient (Wildman–Crippen LogP) is 3.97. The summed E-state index contributed by atoms with van der Waals surface area (Å²) >= 11 is 9.33. The van der Waals surface area contributed by atoms with Gasteiger partial charge in [0.25, 0.3) is 5.91 Å². The van der Waals surface area contributed by atoms with Gasteiger partial charge in [-0.15, -0.1) is 0 Å². The lowest BCUT2D eigenvalue weighted by Crippen LogP contribution is -2.29. The molecule has 3 rings (SSSR count). The molecular formula is C14H15BrClNO. The van der Waals surface area contributed by atoms with Crippen molar-refractivity contribution in [3.63, 3.8) is 0 Å². The van der Waals surface area contributed by atoms with Crippen molar-refractivity contribution in [3.05, 3.63) is 33.3 Å². The molecule has 1 aromatic carbocycles. The fourth-order valence-electron chi connectivity index (χ4n) is 3.23. The Morgan fingerprint density at radius 1 is 1.28 bits per heavy atom. The molecule has 2 nitrogen and oxygen atoms in total. The topological polar surface area (TPSA) is 20.3 Å². The van der Waals surface area contributed by atoms with Gasteiger partial charge in [-0.1, -0.05) is 18.0 Å². The molecule has 1 aliphatic heterocycles. The summed E-state index contributed by atoms with van der Waals surface area (Å²) in [6, 6.07) is 5.37. The Morgan fingerprint density at radius 2 is 1.94 bits per heavy atom. The monoisotopic (exact) mass is 327 g/mol. The first kappa shape index (κ1) is 12.5. The number of amides is 1. The van der Waals surface area contributed by atoms with Gasteiger partial charge in [-0.3, -0.25) is 4.79 Å². The van der Waals surface area contributed by atoms with Gasteiger partial charge < -0.3 is 4.90 Å². The summed E-state index contributed by atoms with van der Waals surface area (Å²) in [6.07, 6.45) is 3.91. The maximum absolute atomic E-state index is 12.5. The van der Waals surface area contributed by atoms with Crippen LogP contribution in [0.5, 0.6) is 0 Å². The van der Waals surface area contributed by atoms with Gasteiger partial charge in [0.2, 0.25) is 0 Å². The molecule has 1 saturated heterocycles. The molecule has 0 bridgehead atoms. The number of benzene rings is 1. The van der Waals surface area contributed by atoms with Crippen LogP contribution in [0, 0.1) is 11.8 Å². The Kier molecular flexibility index (Phi) is 3.37. The maximum Gasteiger partial charge on any atom is 0.255 e. The highest BCUT2D eigenvalue weighted by molar-refractivity contribution is 9.10. The minimum atomic E-state index is 0.132. The van der Waals surface area contributed by atoms with Crippen LogP contribution < -0.4 is 0 Å². The second kappa shape index (κ2) is 4.86. The average Bonchev–Trinajstić information content (AvgIpc) is 2.87. The summed E-state index contributed by atoms with van der Waals surface area (Å²) in [5, 5.41) is 0.650. The second-order valence-corrected chi connectivity index (χ2v) is 6.58. The summed E-state index contributed by atoms with van der Waals surface area (Å²) in [7, 11) is 0. The van der Waals surface area contributed by atoms with Crippen molar-refractivity contribution >= 4 is 33.4 Å². The van der Waals surface area contributed by atoms with E-state index in [1.807, 2.05) is 11.0 Å². The van der Waals surface area contributed by atoms with E-state index in [-0.39, 0.29) is 5.91 Å². The molecule has 2 aliphatic rings. The van der Waals surface area contributed by atoms with Gasteiger partial charge in [0.05, 0.1) is 5.56 Å². The number of rotatable bonds is 1. The number of carbonyl (C=O) groups excluding carboxylic acids is 1. The number of hydrogen-bond acceptors (Lipinski definition) is 1. The van der Waals surface area contributed by atoms with Crippen LogP contribution >= 0.6 is 27.5 Å². The third kappa shape index (κ3) is 2.19. The normalized spacial score (nSPS) is 26.4. The molecule has 18 heavy (non-hydrogen) atoms. The van der Waals surface area contributed by atoms with Crippen LogP contribution in [-0.4, -0.2) is 23.9 Å². The van der Waals surface area contributed by atoms with Gasteiger partial charge in [0.1, 0.15) is 0 Å². The molecule has 2 fully saturated rings. The Morgan fingerprint density at radius 3 is 2.56 bits per heavy atom. The van der Waals surface area contributed by atoms with E-state index in [9.17, 15) is 4.79 Å². The van der Waals surface area contributed by atoms with E-state index in [1.165, 1.54) is 19.3 Å². The molecule has 0 N–H and O–H groups in total. The highest BCUT2D eigenvalue weighted by atomic mass is 79.9. The van der Waals surface area contributed by atoms with E-state index in [1.54, 1.807) is 12.1 Å². The summed E-state index contributed by atoms with van der Waals surface area (Å²) in [5.41, 5.74) is 0.722. The SMILES string of the molecule is O=C(c1ccc(Cl)cc1Br)N1CC2CCCC2C1. The first-order chi connectivity index (χ1) is 8.65. The molecule has 1 saturated carbocycles. The molecule has 96 valence electrons. The number of hydrogen-bond donors (Lipinski definition) is 0. The quantitative estimate of drug-likeness (QED) is 0.764. The van der Waals surface area contributed by atoms with E-state index in [2.05, 4.69) is 15.9 Å². The second-order valence-electron chi connectivity index (χ2n) is 5.29. The van der Waals surface area contributed by atoms with Gasteiger partial charge >= 0.3 is 0 Å². The highest BCUT2D eigenvalue weighted by Gasteiger charge is 2.38. The van der Waals surface area contributed by atoms with Crippen LogP contribution in [-0.2, 0) is 0 Å². The molecule has 1 aromatic rings. The van der Waals surface area contributed by atoms with Crippen molar-refractivity contribution in [2.75, 3.05) is 13.1 Å². The van der Waals surface area contributed by atoms with Crippen LogP contribution in [0.25, 0.3) is 0 Å². The minimum Gasteiger partial charge on any atom is -0.338 e. The van der Waals surface area contributed by atoms with Crippen LogP contribution in [0.4, 0.5) is 0 Å². The van der Waals surface area contributed by atoms with Crippen molar-refractivity contribution in [1.82, 2.24) is 4.90 Å². The van der Waals surface area contributed by atoms with Gasteiger partial charge in [-0.05, 0) is 58.8 Å². The van der Waals surface area contributed by atoms with Crippen LogP contribution in [0.2, 0.25) is 5.02 Å². The molecule has 1 heterocycles. The van der Waals surface area contributed by atoms with Gasteiger partial charge in [-0.25, -0.2) is 0 Å². The van der Waals surface area contributed by atoms with Crippen LogP contribution in [0.3, 0.4) is 0 Å². The van der Waals surface area contributed by atoms with Crippen LogP contribution in [0.1, 0.15) is 29.6 Å². The lowest BCUT2D eigenvalue weighted by Gasteiger charge is -2.18. The minimum absolute atomic E-state index is 0.132. The molecule has 1 aliphatic carbocycles. The zero-order valence-electron chi connectivity index (χ0n) is 10.0. The lowest BCUT2D eigenvalue weighted by molar-refractivity contribution is 0.0780. The third-order valence-corrected chi connectivity index (χ3v) is 5.07. The van der Waals surface area contributed by atoms with Gasteiger partial charge in [0, 0.05) is 22.6 Å². The van der Waals surface area contributed by atoms with Gasteiger partial charge in [-0.2, -0.15) is 0 Å². The smallest absolute Gasteiger partial charge is 0.255 e. The summed E-state index contributed by atoms with van der Waals surface area (Å²) < 4.78 is 0.789. The fraction of sp³-hybridized carbons (Fsp3) is 0.500. The van der Waals surface area contributed by atoms with Crippen molar-refractivity contribution in [2.24, 2.45) is 11.8 Å². The largest absolute Gasteiger partial charge is 0.338 e. The molecular weight excluding hydrogens is 314 g/mol. The lowest BCUT2D eigenvalue weighted by atomic mass is 10.0. The third-order valence-electron chi connectivity index (χ3n) is 4.18. The molecule has 4 heteroatoms. The Hall–Kier alpha value is -0.540. The molecule has 0 radical (unpaired) electrons. The number of carbonyl (C=O) groups is 1. The number of likely N-dealkylation sites (tertiary alicyclic amines) is 1. The molecule has 0 spiro atoms. The number of fused-ring (bicyclic) bond motifs is 1. The fourth-order valence-corrected chi connectivity index (χ4v) is 4.09. The average molecular weight is 329 g/mol. The van der Waals surface area contributed by atoms with Crippen molar-refractivity contribution in [1.29, 1.82) is 0 Å². The first-order valence-corrected chi connectivity index (χ1v) is 7.56. The highest BCUT2D eigenvalue weighted by Crippen LogP contribution is 2.38. The zero-order valence-corrected chi connectivity index (χ0v) is 12.4. The first-order valence-electron chi connectivity index (χ1n) is 6.39. The number of halogens is 2. The van der Waals surface area contributed by atoms with E-state index in [4.69, 9.17) is 11.6 Å². The Labute approximate surface area is 120 Å². The van der Waals surface area contributed by atoms with E-state index >= 15 is 0 Å². The summed E-state index contributed by atoms with van der Waals surface area (Å²) in [5.74, 6) is 1.60. The van der Waals surface area contributed by atoms with Crippen molar-refractivity contribution < 1.29 is 4.79 Å². The molecule has 0 aromatic heterocycles. The van der Waals surface area contributed by atoms with E-state index in [0.717, 1.165) is 35.0 Å². The molecule has 1 amide bonds. The maximum atomic E-state index is 12.5. The van der Waals surface area contributed by atoms with Crippen molar-refractivity contribution in [2.45, 2.75) is 19.3 Å². The van der Waals surface area contributed by atoms with E-state index in [0.29, 0.717) is 5.02 Å². The standard InChI is InChI=1S/C14H15BrClNO/c15-13-6-11(16)4-5-12(13)14(18)17-7-9-2-1-3-10(9)8-17/h4-6,9-10H,1-3,7-8H2. The van der Waals surface area contributed by atoms with Crippen molar-refractivity contribution in [3.8, 4) is 0 Å². The zero-order chi connectivity index (χ0) is 12.7. The van der Waals surface area contributed by atoms with Crippen LogP contribution in [0.15, 0.2) is 22.7 Å². The summed E-state index contributed by atoms with van der Waals surface area (Å²) in [6.45, 7) is 1.86. The molecule has 2 atom stereocenters. The Balaban J connectivity index is 1.79. The van der Waals surface area contributed by atoms with Gasteiger partial charge in [0.15, 0.2) is 0 Å². The number of nitrogens with zero attached hydrogens (tertiary/aromatic N) is 1. The predicted molar refractivity (Wildman–Crippen MR) is 75.9 cm³/mol. The van der Waals surface area contributed by atoms with E-state index < -0.39 is 0 Å².